The van der Waals surface area contributed by atoms with Crippen molar-refractivity contribution >= 4 is 35.5 Å². The predicted molar refractivity (Wildman–Crippen MR) is 130 cm³/mol. The molecule has 2 unspecified atom stereocenters. The molecule has 1 aliphatic heterocycles. The largest absolute Gasteiger partial charge is 0.468 e. The molecule has 11 heteroatoms. The molecule has 2 heterocycles. The van der Waals surface area contributed by atoms with Crippen molar-refractivity contribution in [2.75, 3.05) is 19.9 Å². The molecule has 0 aliphatic carbocycles. The van der Waals surface area contributed by atoms with Crippen molar-refractivity contribution in [1.29, 1.82) is 0 Å². The fourth-order valence-corrected chi connectivity index (χ4v) is 5.71. The Kier molecular flexibility index (Phi) is 8.32. The van der Waals surface area contributed by atoms with Crippen LogP contribution in [0.1, 0.15) is 20.8 Å². The first kappa shape index (κ1) is 26.1. The lowest BCUT2D eigenvalue weighted by molar-refractivity contribution is -0.160. The molecule has 184 valence electrons. The SMILES string of the molecule is CNC(CSc1c(Sc2ccccc2)c(=O)n2n(c1=O)CC(C(=O)OC(C)(C)C)C2)C(=O)OC. The Hall–Kier alpha value is -2.50. The Bertz CT molecular complexity index is 1170. The lowest BCUT2D eigenvalue weighted by Crippen LogP contribution is -2.39. The van der Waals surface area contributed by atoms with Gasteiger partial charge in [0.2, 0.25) is 0 Å². The molecule has 1 aromatic heterocycles. The van der Waals surface area contributed by atoms with E-state index in [1.807, 2.05) is 30.3 Å². The van der Waals surface area contributed by atoms with Crippen LogP contribution in [-0.2, 0) is 32.2 Å². The number of ether oxygens (including phenoxy) is 2. The van der Waals surface area contributed by atoms with E-state index in [-0.39, 0.29) is 39.8 Å². The minimum absolute atomic E-state index is 0.0548. The number of likely N-dealkylation sites (N-methyl/N-ethyl adjacent to an activating group) is 1. The summed E-state index contributed by atoms with van der Waals surface area (Å²) in [6.07, 6.45) is 0. The number of nitrogens with one attached hydrogen (secondary N) is 1. The molecule has 2 aromatic rings. The Labute approximate surface area is 206 Å². The Morgan fingerprint density at radius 2 is 1.68 bits per heavy atom. The molecule has 0 fully saturated rings. The maximum atomic E-state index is 13.5. The van der Waals surface area contributed by atoms with Crippen molar-refractivity contribution < 1.29 is 19.1 Å². The van der Waals surface area contributed by atoms with E-state index >= 15 is 0 Å². The number of nitrogens with zero attached hydrogens (tertiary/aromatic N) is 2. The molecule has 0 saturated carbocycles. The number of methoxy groups -OCH3 is 1. The van der Waals surface area contributed by atoms with E-state index < -0.39 is 29.5 Å². The Morgan fingerprint density at radius 3 is 2.21 bits per heavy atom. The molecule has 0 spiro atoms. The molecular formula is C23H29N3O6S2. The minimum Gasteiger partial charge on any atom is -0.468 e. The molecule has 0 radical (unpaired) electrons. The number of thioether (sulfide) groups is 1. The third-order valence-electron chi connectivity index (χ3n) is 5.07. The van der Waals surface area contributed by atoms with Crippen LogP contribution in [0, 0.1) is 5.92 Å². The molecule has 1 N–H and O–H groups in total. The van der Waals surface area contributed by atoms with Crippen LogP contribution >= 0.6 is 23.5 Å². The maximum absolute atomic E-state index is 13.5. The van der Waals surface area contributed by atoms with Gasteiger partial charge in [0.25, 0.3) is 11.1 Å². The van der Waals surface area contributed by atoms with E-state index in [1.165, 1.54) is 28.2 Å². The van der Waals surface area contributed by atoms with Gasteiger partial charge in [-0.25, -0.2) is 9.36 Å². The van der Waals surface area contributed by atoms with Crippen molar-refractivity contribution in [3.05, 3.63) is 51.0 Å². The third-order valence-corrected chi connectivity index (χ3v) is 7.46. The zero-order valence-corrected chi connectivity index (χ0v) is 21.5. The zero-order chi connectivity index (χ0) is 25.0. The molecule has 1 aliphatic rings. The molecule has 3 rings (SSSR count). The summed E-state index contributed by atoms with van der Waals surface area (Å²) in [6, 6.07) is 8.60. The normalized spacial score (nSPS) is 16.1. The van der Waals surface area contributed by atoms with Gasteiger partial charge in [0, 0.05) is 10.6 Å². The number of carbonyl (C=O) groups is 2. The summed E-state index contributed by atoms with van der Waals surface area (Å²) in [4.78, 5) is 53.0. The molecule has 0 amide bonds. The van der Waals surface area contributed by atoms with Gasteiger partial charge >= 0.3 is 11.9 Å². The van der Waals surface area contributed by atoms with E-state index in [1.54, 1.807) is 27.8 Å². The summed E-state index contributed by atoms with van der Waals surface area (Å²) in [7, 11) is 2.92. The van der Waals surface area contributed by atoms with Crippen molar-refractivity contribution in [2.24, 2.45) is 5.92 Å². The maximum Gasteiger partial charge on any atom is 0.323 e. The van der Waals surface area contributed by atoms with Crippen LogP contribution in [0.4, 0.5) is 0 Å². The van der Waals surface area contributed by atoms with Crippen LogP contribution in [0.15, 0.2) is 54.6 Å². The fraction of sp³-hybridized carbons (Fsp3) is 0.478. The fourth-order valence-electron chi connectivity index (χ4n) is 3.42. The van der Waals surface area contributed by atoms with E-state index in [0.29, 0.717) is 0 Å². The van der Waals surface area contributed by atoms with E-state index in [2.05, 4.69) is 5.32 Å². The second-order valence-corrected chi connectivity index (χ2v) is 10.9. The summed E-state index contributed by atoms with van der Waals surface area (Å²) in [5, 5.41) is 2.87. The number of carbonyl (C=O) groups excluding carboxylic acids is 2. The van der Waals surface area contributed by atoms with Crippen molar-refractivity contribution in [3.63, 3.8) is 0 Å². The van der Waals surface area contributed by atoms with Gasteiger partial charge < -0.3 is 14.8 Å². The van der Waals surface area contributed by atoms with Gasteiger partial charge in [-0.05, 0) is 40.0 Å². The molecule has 1 aromatic carbocycles. The second kappa shape index (κ2) is 10.8. The highest BCUT2D eigenvalue weighted by atomic mass is 32.2. The number of esters is 2. The topological polar surface area (TPSA) is 109 Å². The van der Waals surface area contributed by atoms with Gasteiger partial charge in [0.05, 0.1) is 35.9 Å². The zero-order valence-electron chi connectivity index (χ0n) is 19.8. The number of rotatable bonds is 8. The molecule has 9 nitrogen and oxygen atoms in total. The Balaban J connectivity index is 2.01. The molecule has 2 atom stereocenters. The van der Waals surface area contributed by atoms with Gasteiger partial charge in [-0.2, -0.15) is 0 Å². The van der Waals surface area contributed by atoms with Gasteiger partial charge in [-0.15, -0.1) is 11.8 Å². The lowest BCUT2D eigenvalue weighted by atomic mass is 10.1. The molecule has 34 heavy (non-hydrogen) atoms. The number of fused-ring (bicyclic) bond motifs is 1. The average molecular weight is 508 g/mol. The van der Waals surface area contributed by atoms with Crippen LogP contribution in [0.5, 0.6) is 0 Å². The minimum atomic E-state index is -0.673. The highest BCUT2D eigenvalue weighted by Crippen LogP contribution is 2.32. The third kappa shape index (κ3) is 5.94. The second-order valence-electron chi connectivity index (χ2n) is 8.75. The lowest BCUT2D eigenvalue weighted by Gasteiger charge is -2.21. The Morgan fingerprint density at radius 1 is 1.09 bits per heavy atom. The summed E-state index contributed by atoms with van der Waals surface area (Å²) in [6.45, 7) is 5.44. The quantitative estimate of drug-likeness (QED) is 0.424. The number of hydrogen-bond donors (Lipinski definition) is 1. The van der Waals surface area contributed by atoms with Crippen LogP contribution in [-0.4, -0.2) is 52.9 Å². The van der Waals surface area contributed by atoms with E-state index in [0.717, 1.165) is 16.7 Å². The smallest absolute Gasteiger partial charge is 0.323 e. The molecule has 0 saturated heterocycles. The van der Waals surface area contributed by atoms with Gasteiger partial charge in [-0.3, -0.25) is 19.2 Å². The van der Waals surface area contributed by atoms with Crippen LogP contribution < -0.4 is 16.4 Å². The van der Waals surface area contributed by atoms with Crippen LogP contribution in [0.2, 0.25) is 0 Å². The number of hydrogen-bond acceptors (Lipinski definition) is 9. The monoisotopic (exact) mass is 507 g/mol. The van der Waals surface area contributed by atoms with Crippen LogP contribution in [0.3, 0.4) is 0 Å². The first-order valence-electron chi connectivity index (χ1n) is 10.8. The van der Waals surface area contributed by atoms with Crippen molar-refractivity contribution in [1.82, 2.24) is 14.7 Å². The van der Waals surface area contributed by atoms with Crippen LogP contribution in [0.25, 0.3) is 0 Å². The highest BCUT2D eigenvalue weighted by molar-refractivity contribution is 8.02. The molecule has 0 bridgehead atoms. The van der Waals surface area contributed by atoms with Gasteiger partial charge in [0.1, 0.15) is 11.6 Å². The van der Waals surface area contributed by atoms with Crippen molar-refractivity contribution in [3.8, 4) is 0 Å². The average Bonchev–Trinajstić information content (AvgIpc) is 3.25. The summed E-state index contributed by atoms with van der Waals surface area (Å²) < 4.78 is 12.9. The number of benzene rings is 1. The predicted octanol–water partition coefficient (Wildman–Crippen LogP) is 1.99. The summed E-state index contributed by atoms with van der Waals surface area (Å²) in [5.41, 5.74) is -1.41. The van der Waals surface area contributed by atoms with Gasteiger partial charge in [0.15, 0.2) is 0 Å². The standard InChI is InChI=1S/C23H29N3O6S2/c1-23(2,3)32-21(29)14-11-25-19(27)17(33-13-16(24-4)22(30)31-5)18(20(28)26(25)12-14)34-15-9-7-6-8-10-15/h6-10,14,16,24H,11-13H2,1-5H3. The van der Waals surface area contributed by atoms with Gasteiger partial charge in [-0.1, -0.05) is 30.0 Å². The van der Waals surface area contributed by atoms with E-state index in [9.17, 15) is 19.2 Å². The highest BCUT2D eigenvalue weighted by Gasteiger charge is 2.35. The first-order valence-corrected chi connectivity index (χ1v) is 12.6. The van der Waals surface area contributed by atoms with Crippen molar-refractivity contribution in [2.45, 2.75) is 60.2 Å². The van der Waals surface area contributed by atoms with E-state index in [4.69, 9.17) is 9.47 Å². The molecular weight excluding hydrogens is 478 g/mol. The first-order chi connectivity index (χ1) is 16.1. The number of aromatic nitrogens is 2. The summed E-state index contributed by atoms with van der Waals surface area (Å²) in [5.74, 6) is -1.36. The summed E-state index contributed by atoms with van der Waals surface area (Å²) >= 11 is 2.32.